The number of aliphatic carboxylic acids is 1. The van der Waals surface area contributed by atoms with Crippen LogP contribution in [0.15, 0.2) is 36.7 Å². The van der Waals surface area contributed by atoms with Crippen molar-refractivity contribution in [3.8, 4) is 5.69 Å². The van der Waals surface area contributed by atoms with Crippen LogP contribution >= 0.6 is 22.6 Å². The Hall–Kier alpha value is -1.70. The molecule has 0 aliphatic carbocycles. The van der Waals surface area contributed by atoms with Gasteiger partial charge in [-0.25, -0.2) is 13.9 Å². The number of halogens is 2. The molecule has 0 radical (unpaired) electrons. The quantitative estimate of drug-likeness (QED) is 0.678. The second-order valence-corrected chi connectivity index (χ2v) is 4.72. The lowest BCUT2D eigenvalue weighted by molar-refractivity contribution is -0.131. The maximum Gasteiger partial charge on any atom is 0.328 e. The topological polar surface area (TPSA) is 55.1 Å². The fraction of sp³-hybridized carbons (Fsp3) is 0. The molecule has 6 heteroatoms. The van der Waals surface area contributed by atoms with Crippen LogP contribution in [0.5, 0.6) is 0 Å². The summed E-state index contributed by atoms with van der Waals surface area (Å²) in [6.07, 6.45) is 5.74. The van der Waals surface area contributed by atoms with Gasteiger partial charge in [0.25, 0.3) is 0 Å². The van der Waals surface area contributed by atoms with Gasteiger partial charge in [0.05, 0.1) is 15.5 Å². The fourth-order valence-electron chi connectivity index (χ4n) is 1.46. The Morgan fingerprint density at radius 1 is 1.50 bits per heavy atom. The molecule has 1 aromatic heterocycles. The number of carbonyl (C=O) groups is 1. The number of carboxylic acid groups (broad SMARTS) is 1. The first-order valence-electron chi connectivity index (χ1n) is 4.97. The number of hydrogen-bond donors (Lipinski definition) is 1. The zero-order valence-corrected chi connectivity index (χ0v) is 11.2. The van der Waals surface area contributed by atoms with Crippen LogP contribution in [0, 0.1) is 9.39 Å². The average molecular weight is 358 g/mol. The Morgan fingerprint density at radius 2 is 2.28 bits per heavy atom. The van der Waals surface area contributed by atoms with Crippen LogP contribution in [0.4, 0.5) is 4.39 Å². The van der Waals surface area contributed by atoms with Gasteiger partial charge in [-0.1, -0.05) is 0 Å². The number of aromatic nitrogens is 2. The first kappa shape index (κ1) is 12.7. The van der Waals surface area contributed by atoms with E-state index in [0.717, 1.165) is 9.65 Å². The molecule has 1 N–H and O–H groups in total. The third-order valence-corrected chi connectivity index (χ3v) is 2.75. The van der Waals surface area contributed by atoms with E-state index in [1.54, 1.807) is 23.1 Å². The summed E-state index contributed by atoms with van der Waals surface area (Å²) < 4.78 is 15.7. The van der Waals surface area contributed by atoms with Gasteiger partial charge < -0.3 is 5.11 Å². The largest absolute Gasteiger partial charge is 0.478 e. The molecule has 92 valence electrons. The molecule has 2 rings (SSSR count). The molecule has 0 atom stereocenters. The second-order valence-electron chi connectivity index (χ2n) is 3.48. The minimum absolute atomic E-state index is 0.425. The number of benzene rings is 1. The Labute approximate surface area is 116 Å². The predicted octanol–water partition coefficient (Wildman–Crippen LogP) is 2.71. The number of hydrogen-bond acceptors (Lipinski definition) is 2. The molecule has 0 bridgehead atoms. The van der Waals surface area contributed by atoms with Crippen LogP contribution in [0.25, 0.3) is 11.8 Å². The van der Waals surface area contributed by atoms with Gasteiger partial charge in [-0.3, -0.25) is 0 Å². The second kappa shape index (κ2) is 5.30. The summed E-state index contributed by atoms with van der Waals surface area (Å²) >= 11 is 2.11. The molecule has 1 heterocycles. The molecule has 4 nitrogen and oxygen atoms in total. The van der Waals surface area contributed by atoms with Crippen LogP contribution in [-0.4, -0.2) is 20.9 Å². The summed E-state index contributed by atoms with van der Waals surface area (Å²) in [5.74, 6) is -1.51. The fourth-order valence-corrected chi connectivity index (χ4v) is 1.85. The molecule has 0 spiro atoms. The molecule has 18 heavy (non-hydrogen) atoms. The highest BCUT2D eigenvalue weighted by atomic mass is 127. The van der Waals surface area contributed by atoms with Crippen molar-refractivity contribution in [1.29, 1.82) is 0 Å². The smallest absolute Gasteiger partial charge is 0.328 e. The van der Waals surface area contributed by atoms with Gasteiger partial charge in [0.2, 0.25) is 0 Å². The van der Waals surface area contributed by atoms with Crippen molar-refractivity contribution in [2.45, 2.75) is 0 Å². The van der Waals surface area contributed by atoms with Crippen molar-refractivity contribution >= 4 is 34.6 Å². The van der Waals surface area contributed by atoms with Gasteiger partial charge in [0.1, 0.15) is 5.82 Å². The highest BCUT2D eigenvalue weighted by Crippen LogP contribution is 2.18. The summed E-state index contributed by atoms with van der Waals surface area (Å²) in [6.45, 7) is 0. The van der Waals surface area contributed by atoms with E-state index in [2.05, 4.69) is 27.7 Å². The molecule has 0 aliphatic rings. The highest BCUT2D eigenvalue weighted by molar-refractivity contribution is 14.1. The Balaban J connectivity index is 2.50. The van der Waals surface area contributed by atoms with E-state index < -0.39 is 11.8 Å². The summed E-state index contributed by atoms with van der Waals surface area (Å²) in [5, 5.41) is 12.7. The monoisotopic (exact) mass is 358 g/mol. The normalized spacial score (nSPS) is 11.0. The lowest BCUT2D eigenvalue weighted by Gasteiger charge is -2.05. The molecule has 0 unspecified atom stereocenters. The van der Waals surface area contributed by atoms with E-state index in [4.69, 9.17) is 5.11 Å². The van der Waals surface area contributed by atoms with Crippen molar-refractivity contribution in [2.75, 3.05) is 0 Å². The van der Waals surface area contributed by atoms with Gasteiger partial charge in [-0.05, 0) is 46.9 Å². The van der Waals surface area contributed by atoms with E-state index in [1.807, 2.05) is 0 Å². The number of rotatable bonds is 3. The van der Waals surface area contributed by atoms with Gasteiger partial charge >= 0.3 is 5.97 Å². The molecule has 0 amide bonds. The van der Waals surface area contributed by atoms with Crippen molar-refractivity contribution in [1.82, 2.24) is 9.78 Å². The van der Waals surface area contributed by atoms with Crippen LogP contribution < -0.4 is 0 Å². The van der Waals surface area contributed by atoms with E-state index in [-0.39, 0.29) is 0 Å². The van der Waals surface area contributed by atoms with E-state index >= 15 is 0 Å². The average Bonchev–Trinajstić information content (AvgIpc) is 2.73. The molecule has 0 aliphatic heterocycles. The lowest BCUT2D eigenvalue weighted by Crippen LogP contribution is -1.98. The molecule has 2 aromatic rings. The van der Waals surface area contributed by atoms with Gasteiger partial charge in [-0.2, -0.15) is 5.10 Å². The van der Waals surface area contributed by atoms with E-state index in [1.165, 1.54) is 18.2 Å². The molecule has 0 saturated heterocycles. The standard InChI is InChI=1S/C12H8FIN2O2/c13-9-2-3-11(16-7-10(14)6-15-16)8(5-9)1-4-12(17)18/h1-7H,(H,17,18). The van der Waals surface area contributed by atoms with Crippen molar-refractivity contribution in [2.24, 2.45) is 0 Å². The van der Waals surface area contributed by atoms with E-state index in [0.29, 0.717) is 11.3 Å². The first-order chi connectivity index (χ1) is 8.56. The first-order valence-corrected chi connectivity index (χ1v) is 6.05. The van der Waals surface area contributed by atoms with Crippen molar-refractivity contribution in [3.05, 3.63) is 51.6 Å². The third kappa shape index (κ3) is 2.95. The number of nitrogens with zero attached hydrogens (tertiary/aromatic N) is 2. The SMILES string of the molecule is O=C(O)C=Cc1cc(F)ccc1-n1cc(I)cn1. The van der Waals surface area contributed by atoms with Gasteiger partial charge in [0, 0.05) is 17.8 Å². The summed E-state index contributed by atoms with van der Waals surface area (Å²) in [6, 6.07) is 4.13. The lowest BCUT2D eigenvalue weighted by atomic mass is 10.1. The van der Waals surface area contributed by atoms with Crippen LogP contribution in [0.1, 0.15) is 5.56 Å². The van der Waals surface area contributed by atoms with Gasteiger partial charge in [-0.15, -0.1) is 0 Å². The highest BCUT2D eigenvalue weighted by Gasteiger charge is 2.06. The molecule has 0 fully saturated rings. The minimum Gasteiger partial charge on any atom is -0.478 e. The van der Waals surface area contributed by atoms with Crippen LogP contribution in [0.2, 0.25) is 0 Å². The number of carboxylic acids is 1. The molecule has 0 saturated carbocycles. The van der Waals surface area contributed by atoms with Crippen LogP contribution in [0.3, 0.4) is 0 Å². The Morgan fingerprint density at radius 3 is 2.89 bits per heavy atom. The predicted molar refractivity (Wildman–Crippen MR) is 72.9 cm³/mol. The zero-order valence-electron chi connectivity index (χ0n) is 9.05. The summed E-state index contributed by atoms with van der Waals surface area (Å²) in [4.78, 5) is 10.5. The Bertz CT molecular complexity index is 622. The molecular weight excluding hydrogens is 350 g/mol. The van der Waals surface area contributed by atoms with Gasteiger partial charge in [0.15, 0.2) is 0 Å². The van der Waals surface area contributed by atoms with Crippen LogP contribution in [-0.2, 0) is 4.79 Å². The molecular formula is C12H8FIN2O2. The Kier molecular flexibility index (Phi) is 3.75. The van der Waals surface area contributed by atoms with Crippen molar-refractivity contribution in [3.63, 3.8) is 0 Å². The maximum atomic E-state index is 13.2. The molecule has 1 aromatic carbocycles. The van der Waals surface area contributed by atoms with Crippen molar-refractivity contribution < 1.29 is 14.3 Å². The summed E-state index contributed by atoms with van der Waals surface area (Å²) in [5.41, 5.74) is 1.08. The van der Waals surface area contributed by atoms with E-state index in [9.17, 15) is 9.18 Å². The third-order valence-electron chi connectivity index (χ3n) is 2.19. The zero-order chi connectivity index (χ0) is 13.1. The maximum absolute atomic E-state index is 13.2. The minimum atomic E-state index is -1.08. The summed E-state index contributed by atoms with van der Waals surface area (Å²) in [7, 11) is 0.